The first-order valence-corrected chi connectivity index (χ1v) is 12.6. The Labute approximate surface area is 213 Å². The Morgan fingerprint density at radius 3 is 2.36 bits per heavy atom. The van der Waals surface area contributed by atoms with Crippen LogP contribution in [0.1, 0.15) is 27.0 Å². The molecule has 0 bridgehead atoms. The van der Waals surface area contributed by atoms with Crippen molar-refractivity contribution in [3.05, 3.63) is 95.4 Å². The summed E-state index contributed by atoms with van der Waals surface area (Å²) in [5.41, 5.74) is 6.70. The lowest BCUT2D eigenvalue weighted by atomic mass is 10.1. The van der Waals surface area contributed by atoms with Crippen LogP contribution < -0.4 is 10.2 Å². The normalized spacial score (nSPS) is 14.2. The lowest BCUT2D eigenvalue weighted by Gasteiger charge is -2.37. The van der Waals surface area contributed by atoms with Gasteiger partial charge in [0.1, 0.15) is 5.56 Å². The predicted molar refractivity (Wildman–Crippen MR) is 145 cm³/mol. The minimum absolute atomic E-state index is 0.105. The second-order valence-corrected chi connectivity index (χ2v) is 9.52. The molecule has 1 aliphatic heterocycles. The van der Waals surface area contributed by atoms with Crippen LogP contribution in [-0.4, -0.2) is 64.4 Å². The molecule has 3 heterocycles. The molecule has 0 spiro atoms. The first-order valence-electron chi connectivity index (χ1n) is 12.6. The molecule has 1 N–H and O–H groups in total. The third kappa shape index (κ3) is 4.93. The topological polar surface area (TPSA) is 58.3 Å². The first kappa shape index (κ1) is 23.9. The van der Waals surface area contributed by atoms with Crippen LogP contribution in [0.25, 0.3) is 11.5 Å². The summed E-state index contributed by atoms with van der Waals surface area (Å²) < 4.78 is 3.76. The Kier molecular flexibility index (Phi) is 6.91. The molecule has 7 heteroatoms. The predicted octanol–water partition coefficient (Wildman–Crippen LogP) is 4.14. The number of hydrogen-bond acceptors (Lipinski definition) is 4. The fourth-order valence-electron chi connectivity index (χ4n) is 4.81. The van der Waals surface area contributed by atoms with Gasteiger partial charge in [0.25, 0.3) is 5.91 Å². The van der Waals surface area contributed by atoms with Gasteiger partial charge in [0, 0.05) is 57.3 Å². The zero-order valence-electron chi connectivity index (χ0n) is 21.3. The van der Waals surface area contributed by atoms with Crippen molar-refractivity contribution in [2.45, 2.75) is 20.8 Å². The average Bonchev–Trinajstić information content (AvgIpc) is 3.57. The van der Waals surface area contributed by atoms with Crippen molar-refractivity contribution < 1.29 is 4.79 Å². The van der Waals surface area contributed by atoms with Crippen LogP contribution in [0.5, 0.6) is 0 Å². The fourth-order valence-corrected chi connectivity index (χ4v) is 4.81. The standard InChI is InChI=1S/C29H34N6O/c1-22-9-11-25(12-10-22)35-29(34-14-4-5-15-34)26(21-31-35)28(36)30-13-16-32-17-19-33(20-18-32)27-8-6-7-23(2)24(27)3/h4-12,14-15,21H,13,16-20H2,1-3H3,(H,30,36). The molecule has 1 aliphatic rings. The molecule has 2 aromatic heterocycles. The van der Waals surface area contributed by atoms with Gasteiger partial charge in [0.2, 0.25) is 0 Å². The third-order valence-electron chi connectivity index (χ3n) is 7.12. The molecule has 36 heavy (non-hydrogen) atoms. The van der Waals surface area contributed by atoms with E-state index < -0.39 is 0 Å². The summed E-state index contributed by atoms with van der Waals surface area (Å²) in [6, 6.07) is 18.6. The van der Waals surface area contributed by atoms with Crippen molar-refractivity contribution in [3.8, 4) is 11.5 Å². The molecule has 0 atom stereocenters. The van der Waals surface area contributed by atoms with Gasteiger partial charge in [-0.25, -0.2) is 4.68 Å². The lowest BCUT2D eigenvalue weighted by Crippen LogP contribution is -2.48. The maximum atomic E-state index is 13.2. The van der Waals surface area contributed by atoms with Crippen molar-refractivity contribution in [2.24, 2.45) is 0 Å². The van der Waals surface area contributed by atoms with Crippen molar-refractivity contribution in [3.63, 3.8) is 0 Å². The van der Waals surface area contributed by atoms with Gasteiger partial charge in [-0.1, -0.05) is 29.8 Å². The van der Waals surface area contributed by atoms with Gasteiger partial charge < -0.3 is 14.8 Å². The van der Waals surface area contributed by atoms with Gasteiger partial charge in [0.15, 0.2) is 5.82 Å². The molecule has 0 unspecified atom stereocenters. The molecule has 0 aliphatic carbocycles. The van der Waals surface area contributed by atoms with Gasteiger partial charge in [0.05, 0.1) is 11.9 Å². The summed E-state index contributed by atoms with van der Waals surface area (Å²) in [4.78, 5) is 18.1. The molecule has 0 radical (unpaired) electrons. The molecule has 7 nitrogen and oxygen atoms in total. The molecule has 1 fully saturated rings. The number of hydrogen-bond donors (Lipinski definition) is 1. The number of carbonyl (C=O) groups excluding carboxylic acids is 1. The van der Waals surface area contributed by atoms with E-state index in [0.29, 0.717) is 12.1 Å². The quantitative estimate of drug-likeness (QED) is 0.430. The maximum Gasteiger partial charge on any atom is 0.256 e. The molecular weight excluding hydrogens is 448 g/mol. The molecule has 1 saturated heterocycles. The van der Waals surface area contributed by atoms with E-state index in [1.165, 1.54) is 22.4 Å². The largest absolute Gasteiger partial charge is 0.369 e. The third-order valence-corrected chi connectivity index (χ3v) is 7.12. The zero-order chi connectivity index (χ0) is 25.1. The van der Waals surface area contributed by atoms with Gasteiger partial charge in [-0.15, -0.1) is 0 Å². The molecule has 0 saturated carbocycles. The number of amides is 1. The van der Waals surface area contributed by atoms with Crippen LogP contribution in [-0.2, 0) is 0 Å². The number of aromatic nitrogens is 3. The molecule has 186 valence electrons. The second kappa shape index (κ2) is 10.4. The number of rotatable bonds is 7. The van der Waals surface area contributed by atoms with Crippen molar-refractivity contribution in [1.82, 2.24) is 24.6 Å². The van der Waals surface area contributed by atoms with Crippen LogP contribution in [0.4, 0.5) is 5.69 Å². The minimum atomic E-state index is -0.105. The van der Waals surface area contributed by atoms with E-state index >= 15 is 0 Å². The van der Waals surface area contributed by atoms with Crippen LogP contribution in [0.15, 0.2) is 73.2 Å². The van der Waals surface area contributed by atoms with E-state index in [9.17, 15) is 4.79 Å². The highest BCUT2D eigenvalue weighted by Crippen LogP contribution is 2.24. The zero-order valence-corrected chi connectivity index (χ0v) is 21.3. The molecular formula is C29H34N6O. The van der Waals surface area contributed by atoms with Gasteiger partial charge in [-0.2, -0.15) is 5.10 Å². The number of piperazine rings is 1. The highest BCUT2D eigenvalue weighted by Gasteiger charge is 2.21. The Morgan fingerprint density at radius 2 is 1.64 bits per heavy atom. The van der Waals surface area contributed by atoms with Crippen molar-refractivity contribution >= 4 is 11.6 Å². The molecule has 4 aromatic rings. The average molecular weight is 483 g/mol. The Balaban J connectivity index is 1.21. The van der Waals surface area contributed by atoms with E-state index in [1.54, 1.807) is 6.20 Å². The van der Waals surface area contributed by atoms with Gasteiger partial charge >= 0.3 is 0 Å². The smallest absolute Gasteiger partial charge is 0.256 e. The fraction of sp³-hybridized carbons (Fsp3) is 0.310. The minimum Gasteiger partial charge on any atom is -0.369 e. The van der Waals surface area contributed by atoms with E-state index in [2.05, 4.69) is 71.3 Å². The van der Waals surface area contributed by atoms with Crippen LogP contribution in [0.3, 0.4) is 0 Å². The van der Waals surface area contributed by atoms with E-state index in [0.717, 1.165) is 44.2 Å². The Bertz CT molecular complexity index is 1310. The monoisotopic (exact) mass is 482 g/mol. The van der Waals surface area contributed by atoms with Crippen molar-refractivity contribution in [2.75, 3.05) is 44.2 Å². The second-order valence-electron chi connectivity index (χ2n) is 9.52. The van der Waals surface area contributed by atoms with Crippen LogP contribution >= 0.6 is 0 Å². The Morgan fingerprint density at radius 1 is 0.917 bits per heavy atom. The van der Waals surface area contributed by atoms with E-state index in [4.69, 9.17) is 0 Å². The lowest BCUT2D eigenvalue weighted by molar-refractivity contribution is 0.0947. The van der Waals surface area contributed by atoms with Gasteiger partial charge in [-0.3, -0.25) is 9.69 Å². The number of anilines is 1. The summed E-state index contributed by atoms with van der Waals surface area (Å²) in [6.07, 6.45) is 5.54. The number of carbonyl (C=O) groups is 1. The van der Waals surface area contributed by atoms with E-state index in [-0.39, 0.29) is 5.91 Å². The molecule has 2 aromatic carbocycles. The highest BCUT2D eigenvalue weighted by molar-refractivity contribution is 5.97. The molecule has 1 amide bonds. The summed E-state index contributed by atoms with van der Waals surface area (Å²) in [7, 11) is 0. The summed E-state index contributed by atoms with van der Waals surface area (Å²) in [5, 5.41) is 7.68. The van der Waals surface area contributed by atoms with Gasteiger partial charge in [-0.05, 0) is 62.2 Å². The SMILES string of the molecule is Cc1ccc(-n2ncc(C(=O)NCCN3CCN(c4cccc(C)c4C)CC3)c2-n2cccc2)cc1. The van der Waals surface area contributed by atoms with Crippen molar-refractivity contribution in [1.29, 1.82) is 0 Å². The number of aryl methyl sites for hydroxylation is 2. The highest BCUT2D eigenvalue weighted by atomic mass is 16.1. The first-order chi connectivity index (χ1) is 17.5. The summed E-state index contributed by atoms with van der Waals surface area (Å²) >= 11 is 0. The summed E-state index contributed by atoms with van der Waals surface area (Å²) in [5.74, 6) is 0.634. The summed E-state index contributed by atoms with van der Waals surface area (Å²) in [6.45, 7) is 11.8. The number of benzene rings is 2. The number of nitrogens with zero attached hydrogens (tertiary/aromatic N) is 5. The molecule has 5 rings (SSSR count). The Hall–Kier alpha value is -3.84. The van der Waals surface area contributed by atoms with E-state index in [1.807, 2.05) is 45.9 Å². The van der Waals surface area contributed by atoms with Crippen LogP contribution in [0, 0.1) is 20.8 Å². The number of nitrogens with one attached hydrogen (secondary N) is 1. The maximum absolute atomic E-state index is 13.2. The van der Waals surface area contributed by atoms with Crippen LogP contribution in [0.2, 0.25) is 0 Å².